The van der Waals surface area contributed by atoms with Gasteiger partial charge in [0.25, 0.3) is 0 Å². The highest BCUT2D eigenvalue weighted by molar-refractivity contribution is 7.83. The van der Waals surface area contributed by atoms with Gasteiger partial charge in [-0.05, 0) is 35.0 Å². The van der Waals surface area contributed by atoms with Gasteiger partial charge in [-0.15, -0.1) is 25.3 Å². The molecule has 0 aromatic heterocycles. The van der Waals surface area contributed by atoms with Crippen molar-refractivity contribution in [2.45, 2.75) is 9.79 Å². The number of phenolic OH excluding ortho intramolecular Hbond substituents is 1. The molecule has 0 bridgehead atoms. The van der Waals surface area contributed by atoms with E-state index < -0.39 is 0 Å². The quantitative estimate of drug-likeness (QED) is 0.568. The van der Waals surface area contributed by atoms with Crippen molar-refractivity contribution in [3.05, 3.63) is 30.3 Å². The van der Waals surface area contributed by atoms with Crippen LogP contribution in [0.4, 0.5) is 0 Å². The van der Waals surface area contributed by atoms with Crippen LogP contribution in [0.1, 0.15) is 0 Å². The average Bonchev–Trinajstić information content (AvgIpc) is 2.12. The summed E-state index contributed by atoms with van der Waals surface area (Å²) in [5.41, 5.74) is 0. The van der Waals surface area contributed by atoms with Gasteiger partial charge in [0.15, 0.2) is 0 Å². The second kappa shape index (κ2) is 3.16. The summed E-state index contributed by atoms with van der Waals surface area (Å²) in [6.45, 7) is 0. The largest absolute Gasteiger partial charge is 0.508 e. The summed E-state index contributed by atoms with van der Waals surface area (Å²) >= 11 is 8.60. The van der Waals surface area contributed by atoms with Crippen molar-refractivity contribution in [1.29, 1.82) is 0 Å². The zero-order chi connectivity index (χ0) is 9.42. The van der Waals surface area contributed by atoms with Gasteiger partial charge in [0.05, 0.1) is 0 Å². The Bertz CT molecular complexity index is 466. The maximum atomic E-state index is 9.25. The van der Waals surface area contributed by atoms with Gasteiger partial charge in [-0.3, -0.25) is 0 Å². The number of benzene rings is 2. The first-order valence-corrected chi connectivity index (χ1v) is 4.71. The van der Waals surface area contributed by atoms with E-state index in [1.807, 2.05) is 18.2 Å². The molecule has 0 aliphatic heterocycles. The van der Waals surface area contributed by atoms with Gasteiger partial charge in [0.2, 0.25) is 0 Å². The molecular formula is C10H8OS2. The second-order valence-electron chi connectivity index (χ2n) is 2.84. The van der Waals surface area contributed by atoms with E-state index in [2.05, 4.69) is 25.3 Å². The van der Waals surface area contributed by atoms with Gasteiger partial charge in [-0.25, -0.2) is 0 Å². The van der Waals surface area contributed by atoms with Crippen LogP contribution < -0.4 is 0 Å². The van der Waals surface area contributed by atoms with Crippen molar-refractivity contribution in [3.8, 4) is 5.75 Å². The number of hydrogen-bond acceptors (Lipinski definition) is 3. The molecule has 1 nitrogen and oxygen atoms in total. The Balaban J connectivity index is 2.87. The van der Waals surface area contributed by atoms with Crippen molar-refractivity contribution in [3.63, 3.8) is 0 Å². The number of aromatic hydroxyl groups is 1. The molecule has 0 radical (unpaired) electrons. The van der Waals surface area contributed by atoms with Crippen LogP contribution in [-0.4, -0.2) is 5.11 Å². The molecule has 0 saturated carbocycles. The fourth-order valence-electron chi connectivity index (χ4n) is 1.29. The first-order valence-electron chi connectivity index (χ1n) is 3.82. The Morgan fingerprint density at radius 2 is 1.77 bits per heavy atom. The number of phenols is 1. The lowest BCUT2D eigenvalue weighted by Gasteiger charge is -2.03. The van der Waals surface area contributed by atoms with Crippen LogP contribution in [0.25, 0.3) is 10.8 Å². The molecule has 13 heavy (non-hydrogen) atoms. The molecule has 0 atom stereocenters. The van der Waals surface area contributed by atoms with E-state index in [9.17, 15) is 5.11 Å². The number of fused-ring (bicyclic) bond motifs is 1. The van der Waals surface area contributed by atoms with Gasteiger partial charge in [-0.1, -0.05) is 6.07 Å². The van der Waals surface area contributed by atoms with Crippen molar-refractivity contribution in [2.24, 2.45) is 0 Å². The van der Waals surface area contributed by atoms with Gasteiger partial charge >= 0.3 is 0 Å². The van der Waals surface area contributed by atoms with Crippen molar-refractivity contribution in [2.75, 3.05) is 0 Å². The van der Waals surface area contributed by atoms with Crippen LogP contribution in [0.2, 0.25) is 0 Å². The minimum Gasteiger partial charge on any atom is -0.508 e. The molecule has 0 saturated heterocycles. The van der Waals surface area contributed by atoms with Crippen LogP contribution in [0.15, 0.2) is 40.1 Å². The molecule has 2 aromatic carbocycles. The topological polar surface area (TPSA) is 20.2 Å². The summed E-state index contributed by atoms with van der Waals surface area (Å²) in [5.74, 6) is 0.271. The van der Waals surface area contributed by atoms with E-state index in [1.54, 1.807) is 12.1 Å². The fourth-order valence-corrected chi connectivity index (χ4v) is 1.76. The molecule has 2 aromatic rings. The first-order chi connectivity index (χ1) is 6.18. The molecule has 66 valence electrons. The summed E-state index contributed by atoms with van der Waals surface area (Å²) in [6.07, 6.45) is 0. The summed E-state index contributed by atoms with van der Waals surface area (Å²) < 4.78 is 0. The van der Waals surface area contributed by atoms with E-state index >= 15 is 0 Å². The van der Waals surface area contributed by atoms with Crippen LogP contribution in [0, 0.1) is 0 Å². The molecule has 0 heterocycles. The normalized spacial score (nSPS) is 10.6. The minimum absolute atomic E-state index is 0.271. The van der Waals surface area contributed by atoms with Crippen molar-refractivity contribution < 1.29 is 5.11 Å². The predicted octanol–water partition coefficient (Wildman–Crippen LogP) is 3.12. The van der Waals surface area contributed by atoms with Gasteiger partial charge in [-0.2, -0.15) is 0 Å². The van der Waals surface area contributed by atoms with Gasteiger partial charge < -0.3 is 5.11 Å². The molecule has 0 amide bonds. The molecule has 2 rings (SSSR count). The Morgan fingerprint density at radius 3 is 2.54 bits per heavy atom. The standard InChI is InChI=1S/C10H8OS2/c11-7-2-3-8-6(5-7)1-4-9(12)10(8)13/h1-5,11-13H. The lowest BCUT2D eigenvalue weighted by atomic mass is 10.1. The Morgan fingerprint density at radius 1 is 1.00 bits per heavy atom. The van der Waals surface area contributed by atoms with Gasteiger partial charge in [0, 0.05) is 9.79 Å². The molecule has 0 unspecified atom stereocenters. The summed E-state index contributed by atoms with van der Waals surface area (Å²) in [6, 6.07) is 8.98. The van der Waals surface area contributed by atoms with E-state index in [0.29, 0.717) is 0 Å². The summed E-state index contributed by atoms with van der Waals surface area (Å²) in [7, 11) is 0. The van der Waals surface area contributed by atoms with Crippen LogP contribution in [0.3, 0.4) is 0 Å². The third-order valence-electron chi connectivity index (χ3n) is 1.95. The third kappa shape index (κ3) is 1.49. The lowest BCUT2D eigenvalue weighted by Crippen LogP contribution is -1.77. The van der Waals surface area contributed by atoms with E-state index in [4.69, 9.17) is 0 Å². The number of rotatable bonds is 0. The third-order valence-corrected chi connectivity index (χ3v) is 2.98. The smallest absolute Gasteiger partial charge is 0.116 e. The molecule has 0 aliphatic rings. The lowest BCUT2D eigenvalue weighted by molar-refractivity contribution is 0.476. The first kappa shape index (κ1) is 8.78. The molecule has 1 N–H and O–H groups in total. The Kier molecular flexibility index (Phi) is 2.14. The molecule has 3 heteroatoms. The van der Waals surface area contributed by atoms with Crippen LogP contribution in [0.5, 0.6) is 5.75 Å². The number of thiol groups is 2. The highest BCUT2D eigenvalue weighted by atomic mass is 32.1. The zero-order valence-electron chi connectivity index (χ0n) is 6.73. The monoisotopic (exact) mass is 208 g/mol. The molecular weight excluding hydrogens is 200 g/mol. The van der Waals surface area contributed by atoms with E-state index in [0.717, 1.165) is 20.6 Å². The minimum atomic E-state index is 0.271. The van der Waals surface area contributed by atoms with Crippen molar-refractivity contribution >= 4 is 36.0 Å². The van der Waals surface area contributed by atoms with Crippen LogP contribution in [-0.2, 0) is 0 Å². The van der Waals surface area contributed by atoms with Crippen LogP contribution >= 0.6 is 25.3 Å². The second-order valence-corrected chi connectivity index (χ2v) is 3.77. The van der Waals surface area contributed by atoms with Gasteiger partial charge in [0.1, 0.15) is 5.75 Å². The Labute approximate surface area is 87.2 Å². The summed E-state index contributed by atoms with van der Waals surface area (Å²) in [5, 5.41) is 11.2. The number of hydrogen-bond donors (Lipinski definition) is 3. The zero-order valence-corrected chi connectivity index (χ0v) is 8.52. The maximum absolute atomic E-state index is 9.25. The molecule has 0 spiro atoms. The summed E-state index contributed by atoms with van der Waals surface area (Å²) in [4.78, 5) is 1.70. The van der Waals surface area contributed by atoms with E-state index in [-0.39, 0.29) is 5.75 Å². The molecule has 0 fully saturated rings. The highest BCUT2D eigenvalue weighted by Crippen LogP contribution is 2.29. The van der Waals surface area contributed by atoms with E-state index in [1.165, 1.54) is 0 Å². The van der Waals surface area contributed by atoms with Crippen molar-refractivity contribution in [1.82, 2.24) is 0 Å². The molecule has 0 aliphatic carbocycles. The maximum Gasteiger partial charge on any atom is 0.116 e. The SMILES string of the molecule is Oc1ccc2c(S)c(S)ccc2c1. The predicted molar refractivity (Wildman–Crippen MR) is 60.1 cm³/mol. The fraction of sp³-hybridized carbons (Fsp3) is 0. The highest BCUT2D eigenvalue weighted by Gasteiger charge is 2.01. The Hall–Kier alpha value is -0.800. The average molecular weight is 208 g/mol.